The molecule has 2 aromatic heterocycles. The Morgan fingerprint density at radius 3 is 2.54 bits per heavy atom. The Morgan fingerprint density at radius 1 is 1.14 bits per heavy atom. The van der Waals surface area contributed by atoms with Gasteiger partial charge in [-0.05, 0) is 12.8 Å². The van der Waals surface area contributed by atoms with Crippen LogP contribution in [0, 0.1) is 0 Å². The molecule has 1 aliphatic heterocycles. The number of nitrogens with zero attached hydrogens (tertiary/aromatic N) is 4. The van der Waals surface area contributed by atoms with Gasteiger partial charge in [0.15, 0.2) is 5.65 Å². The van der Waals surface area contributed by atoms with Gasteiger partial charge in [-0.1, -0.05) is 30.3 Å². The highest BCUT2D eigenvalue weighted by molar-refractivity contribution is 5.63. The van der Waals surface area contributed by atoms with Crippen LogP contribution < -0.4 is 5.69 Å². The van der Waals surface area contributed by atoms with E-state index < -0.39 is 24.8 Å². The van der Waals surface area contributed by atoms with Crippen molar-refractivity contribution in [3.05, 3.63) is 52.7 Å². The predicted molar refractivity (Wildman–Crippen MR) is 96.1 cm³/mol. The fourth-order valence-electron chi connectivity index (χ4n) is 3.43. The summed E-state index contributed by atoms with van der Waals surface area (Å²) < 4.78 is 45.4. The molecule has 3 aromatic rings. The zero-order valence-corrected chi connectivity index (χ0v) is 15.0. The number of rotatable bonds is 4. The molecule has 0 amide bonds. The molecular formula is C19H19F3N4O2. The Hall–Kier alpha value is -2.68. The lowest BCUT2D eigenvalue weighted by Crippen LogP contribution is -2.27. The van der Waals surface area contributed by atoms with E-state index in [0.717, 1.165) is 10.2 Å². The summed E-state index contributed by atoms with van der Waals surface area (Å²) in [4.78, 5) is 17.5. The molecule has 9 heteroatoms. The minimum Gasteiger partial charge on any atom is -0.381 e. The van der Waals surface area contributed by atoms with E-state index in [9.17, 15) is 18.0 Å². The third-order valence-electron chi connectivity index (χ3n) is 4.86. The van der Waals surface area contributed by atoms with Crippen molar-refractivity contribution in [2.75, 3.05) is 13.2 Å². The van der Waals surface area contributed by atoms with Gasteiger partial charge >= 0.3 is 11.9 Å². The summed E-state index contributed by atoms with van der Waals surface area (Å²) in [5.41, 5.74) is 1.22. The van der Waals surface area contributed by atoms with Crippen LogP contribution in [0.1, 0.15) is 31.0 Å². The number of benzene rings is 1. The first-order valence-corrected chi connectivity index (χ1v) is 9.13. The maximum atomic E-state index is 12.8. The van der Waals surface area contributed by atoms with Crippen molar-refractivity contribution in [1.82, 2.24) is 19.2 Å². The normalized spacial score (nSPS) is 16.0. The van der Waals surface area contributed by atoms with Crippen molar-refractivity contribution in [1.29, 1.82) is 0 Å². The predicted octanol–water partition coefficient (Wildman–Crippen LogP) is 3.40. The summed E-state index contributed by atoms with van der Waals surface area (Å²) in [6.07, 6.45) is -4.07. The molecular weight excluding hydrogens is 373 g/mol. The first-order valence-electron chi connectivity index (χ1n) is 9.13. The summed E-state index contributed by atoms with van der Waals surface area (Å²) in [6, 6.07) is 11.1. The average Bonchev–Trinajstić information content (AvgIpc) is 3.02. The molecule has 1 fully saturated rings. The van der Waals surface area contributed by atoms with Gasteiger partial charge in [0.1, 0.15) is 5.82 Å². The summed E-state index contributed by atoms with van der Waals surface area (Å²) in [7, 11) is 0. The third-order valence-corrected chi connectivity index (χ3v) is 4.86. The second-order valence-electron chi connectivity index (χ2n) is 6.82. The number of aromatic nitrogens is 4. The van der Waals surface area contributed by atoms with Gasteiger partial charge in [-0.15, -0.1) is 5.10 Å². The molecule has 4 rings (SSSR count). The number of hydrogen-bond acceptors (Lipinski definition) is 4. The topological polar surface area (TPSA) is 61.4 Å². The molecule has 28 heavy (non-hydrogen) atoms. The lowest BCUT2D eigenvalue weighted by atomic mass is 9.99. The molecule has 1 aromatic carbocycles. The summed E-state index contributed by atoms with van der Waals surface area (Å²) in [5.74, 6) is 0.515. The number of ether oxygens (including phenoxy) is 1. The largest absolute Gasteiger partial charge is 0.390 e. The standard InChI is InChI=1S/C19H19F3N4O2/c20-19(21,22)8-9-25-18(27)26-16(24-25)12-15(13-4-2-1-3-5-13)23-17(26)14-6-10-28-11-7-14/h1-5,12,14H,6-11H2. The first-order chi connectivity index (χ1) is 13.4. The van der Waals surface area contributed by atoms with Crippen LogP contribution in [0.2, 0.25) is 0 Å². The SMILES string of the molecule is O=c1n(CCC(F)(F)F)nc2cc(-c3ccccc3)nc(C3CCOCC3)n12. The van der Waals surface area contributed by atoms with Gasteiger partial charge < -0.3 is 4.74 Å². The minimum atomic E-state index is -4.35. The molecule has 0 spiro atoms. The van der Waals surface area contributed by atoms with Gasteiger partial charge in [0.05, 0.1) is 18.7 Å². The first kappa shape index (κ1) is 18.7. The van der Waals surface area contributed by atoms with Gasteiger partial charge in [0.2, 0.25) is 0 Å². The molecule has 0 unspecified atom stereocenters. The second kappa shape index (κ2) is 7.38. The quantitative estimate of drug-likeness (QED) is 0.683. The molecule has 6 nitrogen and oxygen atoms in total. The Labute approximate surface area is 158 Å². The number of halogens is 3. The molecule has 1 aliphatic rings. The van der Waals surface area contributed by atoms with Gasteiger partial charge in [-0.25, -0.2) is 18.9 Å². The van der Waals surface area contributed by atoms with Gasteiger partial charge in [0.25, 0.3) is 0 Å². The van der Waals surface area contributed by atoms with Crippen LogP contribution >= 0.6 is 0 Å². The van der Waals surface area contributed by atoms with E-state index >= 15 is 0 Å². The molecule has 0 radical (unpaired) electrons. The highest BCUT2D eigenvalue weighted by atomic mass is 19.4. The Bertz CT molecular complexity index is 1020. The van der Waals surface area contributed by atoms with Gasteiger partial charge in [-0.3, -0.25) is 0 Å². The molecule has 0 N–H and O–H groups in total. The van der Waals surface area contributed by atoms with E-state index in [1.165, 1.54) is 4.40 Å². The number of alkyl halides is 3. The van der Waals surface area contributed by atoms with Crippen molar-refractivity contribution in [2.24, 2.45) is 0 Å². The lowest BCUT2D eigenvalue weighted by Gasteiger charge is -2.22. The monoisotopic (exact) mass is 392 g/mol. The van der Waals surface area contributed by atoms with Crippen molar-refractivity contribution in [3.63, 3.8) is 0 Å². The maximum absolute atomic E-state index is 12.8. The van der Waals surface area contributed by atoms with Crippen LogP contribution in [-0.2, 0) is 11.3 Å². The van der Waals surface area contributed by atoms with Crippen molar-refractivity contribution < 1.29 is 17.9 Å². The maximum Gasteiger partial charge on any atom is 0.390 e. The van der Waals surface area contributed by atoms with Crippen LogP contribution in [0.4, 0.5) is 13.2 Å². The van der Waals surface area contributed by atoms with Crippen LogP contribution in [0.15, 0.2) is 41.2 Å². The molecule has 0 bridgehead atoms. The van der Waals surface area contributed by atoms with E-state index in [1.54, 1.807) is 6.07 Å². The molecule has 0 atom stereocenters. The fourth-order valence-corrected chi connectivity index (χ4v) is 3.43. The summed E-state index contributed by atoms with van der Waals surface area (Å²) in [6.45, 7) is 0.596. The molecule has 148 valence electrons. The van der Waals surface area contributed by atoms with E-state index in [4.69, 9.17) is 9.72 Å². The molecule has 3 heterocycles. The van der Waals surface area contributed by atoms with Crippen molar-refractivity contribution in [3.8, 4) is 11.3 Å². The zero-order valence-electron chi connectivity index (χ0n) is 15.0. The van der Waals surface area contributed by atoms with E-state index in [1.807, 2.05) is 30.3 Å². The van der Waals surface area contributed by atoms with Crippen LogP contribution in [-0.4, -0.2) is 38.6 Å². The lowest BCUT2D eigenvalue weighted by molar-refractivity contribution is -0.137. The minimum absolute atomic E-state index is 0.0159. The van der Waals surface area contributed by atoms with E-state index in [0.29, 0.717) is 43.2 Å². The van der Waals surface area contributed by atoms with Crippen molar-refractivity contribution >= 4 is 5.65 Å². The van der Waals surface area contributed by atoms with Gasteiger partial charge in [0, 0.05) is 30.8 Å². The molecule has 1 saturated heterocycles. The highest BCUT2D eigenvalue weighted by Gasteiger charge is 2.28. The number of aryl methyl sites for hydroxylation is 1. The second-order valence-corrected chi connectivity index (χ2v) is 6.82. The van der Waals surface area contributed by atoms with E-state index in [-0.39, 0.29) is 5.92 Å². The zero-order chi connectivity index (χ0) is 19.7. The fraction of sp³-hybridized carbons (Fsp3) is 0.421. The smallest absolute Gasteiger partial charge is 0.381 e. The van der Waals surface area contributed by atoms with Crippen LogP contribution in [0.5, 0.6) is 0 Å². The van der Waals surface area contributed by atoms with Crippen molar-refractivity contribution in [2.45, 2.75) is 37.9 Å². The van der Waals surface area contributed by atoms with Gasteiger partial charge in [-0.2, -0.15) is 13.2 Å². The van der Waals surface area contributed by atoms with E-state index in [2.05, 4.69) is 5.10 Å². The Balaban J connectivity index is 1.84. The van der Waals surface area contributed by atoms with Crippen LogP contribution in [0.3, 0.4) is 0 Å². The average molecular weight is 392 g/mol. The Morgan fingerprint density at radius 2 is 1.86 bits per heavy atom. The number of fused-ring (bicyclic) bond motifs is 1. The molecule has 0 aliphatic carbocycles. The highest BCUT2D eigenvalue weighted by Crippen LogP contribution is 2.28. The van der Waals surface area contributed by atoms with Crippen LogP contribution in [0.25, 0.3) is 16.9 Å². The summed E-state index contributed by atoms with van der Waals surface area (Å²) >= 11 is 0. The Kier molecular flexibility index (Phi) is 4.92. The third kappa shape index (κ3) is 3.80. The number of hydrogen-bond donors (Lipinski definition) is 0. The summed E-state index contributed by atoms with van der Waals surface area (Å²) in [5, 5.41) is 4.15. The molecule has 0 saturated carbocycles.